The Morgan fingerprint density at radius 3 is 2.56 bits per heavy atom. The lowest BCUT2D eigenvalue weighted by molar-refractivity contribution is -0.122. The molecule has 1 saturated carbocycles. The number of aliphatic hydroxyl groups excluding tert-OH is 1. The maximum Gasteiger partial charge on any atom is 0.224 e. The second kappa shape index (κ2) is 8.17. The first-order chi connectivity index (χ1) is 12.1. The van der Waals surface area contributed by atoms with Gasteiger partial charge in [-0.1, -0.05) is 42.5 Å². The fraction of sp³-hybridized carbons (Fsp3) is 0.381. The summed E-state index contributed by atoms with van der Waals surface area (Å²) in [6.07, 6.45) is 2.42. The molecule has 4 nitrogen and oxygen atoms in total. The zero-order valence-corrected chi connectivity index (χ0v) is 14.5. The van der Waals surface area contributed by atoms with Crippen molar-refractivity contribution in [1.82, 2.24) is 5.32 Å². The van der Waals surface area contributed by atoms with Crippen LogP contribution in [0, 0.1) is 5.92 Å². The van der Waals surface area contributed by atoms with Crippen molar-refractivity contribution in [2.24, 2.45) is 5.92 Å². The van der Waals surface area contributed by atoms with Crippen LogP contribution >= 0.6 is 0 Å². The van der Waals surface area contributed by atoms with Gasteiger partial charge in [-0.2, -0.15) is 0 Å². The standard InChI is InChI=1S/C21H25NO3/c1-25-19-9-5-8-16(10-19)12-21(24)22-20(17-13-18(23)14-17)11-15-6-3-2-4-7-15/h2-10,17-18,20,23H,11-14H2,1H3,(H,22,24). The lowest BCUT2D eigenvalue weighted by Crippen LogP contribution is -2.48. The summed E-state index contributed by atoms with van der Waals surface area (Å²) >= 11 is 0. The van der Waals surface area contributed by atoms with E-state index in [1.807, 2.05) is 42.5 Å². The van der Waals surface area contributed by atoms with Gasteiger partial charge in [-0.3, -0.25) is 4.79 Å². The van der Waals surface area contributed by atoms with Crippen molar-refractivity contribution < 1.29 is 14.6 Å². The molecule has 2 aromatic rings. The van der Waals surface area contributed by atoms with E-state index in [4.69, 9.17) is 4.74 Å². The highest BCUT2D eigenvalue weighted by Crippen LogP contribution is 2.31. The van der Waals surface area contributed by atoms with E-state index in [9.17, 15) is 9.90 Å². The fourth-order valence-corrected chi connectivity index (χ4v) is 3.39. The van der Waals surface area contributed by atoms with Crippen molar-refractivity contribution in [3.8, 4) is 5.75 Å². The van der Waals surface area contributed by atoms with Gasteiger partial charge in [0.05, 0.1) is 19.6 Å². The quantitative estimate of drug-likeness (QED) is 0.815. The summed E-state index contributed by atoms with van der Waals surface area (Å²) < 4.78 is 5.21. The van der Waals surface area contributed by atoms with E-state index in [0.717, 1.165) is 30.6 Å². The van der Waals surface area contributed by atoms with E-state index in [-0.39, 0.29) is 18.1 Å². The number of methoxy groups -OCH3 is 1. The molecule has 2 N–H and O–H groups in total. The summed E-state index contributed by atoms with van der Waals surface area (Å²) in [5, 5.41) is 12.8. The van der Waals surface area contributed by atoms with Crippen LogP contribution in [-0.2, 0) is 17.6 Å². The molecule has 1 aliphatic carbocycles. The van der Waals surface area contributed by atoms with Crippen molar-refractivity contribution in [2.45, 2.75) is 37.8 Å². The highest BCUT2D eigenvalue weighted by Gasteiger charge is 2.34. The number of benzene rings is 2. The average molecular weight is 339 g/mol. The monoisotopic (exact) mass is 339 g/mol. The topological polar surface area (TPSA) is 58.6 Å². The molecule has 1 unspecified atom stereocenters. The number of carbonyl (C=O) groups excluding carboxylic acids is 1. The average Bonchev–Trinajstić information content (AvgIpc) is 2.59. The molecule has 3 rings (SSSR count). The van der Waals surface area contributed by atoms with Gasteiger partial charge in [-0.05, 0) is 48.4 Å². The first-order valence-corrected chi connectivity index (χ1v) is 8.78. The summed E-state index contributed by atoms with van der Waals surface area (Å²) in [5.74, 6) is 1.10. The van der Waals surface area contributed by atoms with Crippen molar-refractivity contribution in [2.75, 3.05) is 7.11 Å². The van der Waals surface area contributed by atoms with Gasteiger partial charge in [0.25, 0.3) is 0 Å². The predicted octanol–water partition coefficient (Wildman–Crippen LogP) is 2.74. The number of ether oxygens (including phenoxy) is 1. The van der Waals surface area contributed by atoms with Crippen LogP contribution < -0.4 is 10.1 Å². The Morgan fingerprint density at radius 1 is 1.16 bits per heavy atom. The summed E-state index contributed by atoms with van der Waals surface area (Å²) in [4.78, 5) is 12.5. The maximum absolute atomic E-state index is 12.5. The molecule has 0 heterocycles. The number of carbonyl (C=O) groups is 1. The van der Waals surface area contributed by atoms with Crippen LogP contribution in [0.5, 0.6) is 5.75 Å². The largest absolute Gasteiger partial charge is 0.497 e. The molecule has 1 aliphatic rings. The van der Waals surface area contributed by atoms with Crippen LogP contribution in [0.3, 0.4) is 0 Å². The summed E-state index contributed by atoms with van der Waals surface area (Å²) in [7, 11) is 1.62. The summed E-state index contributed by atoms with van der Waals surface area (Å²) in [6, 6.07) is 17.8. The fourth-order valence-electron chi connectivity index (χ4n) is 3.39. The first-order valence-electron chi connectivity index (χ1n) is 8.78. The summed E-state index contributed by atoms with van der Waals surface area (Å²) in [5.41, 5.74) is 2.14. The summed E-state index contributed by atoms with van der Waals surface area (Å²) in [6.45, 7) is 0. The SMILES string of the molecule is COc1cccc(CC(=O)NC(Cc2ccccc2)C2CC(O)C2)c1. The van der Waals surface area contributed by atoms with E-state index in [2.05, 4.69) is 17.4 Å². The van der Waals surface area contributed by atoms with Crippen LogP contribution in [0.1, 0.15) is 24.0 Å². The van der Waals surface area contributed by atoms with Gasteiger partial charge in [0.15, 0.2) is 0 Å². The Kier molecular flexibility index (Phi) is 5.71. The Hall–Kier alpha value is -2.33. The molecule has 2 aromatic carbocycles. The van der Waals surface area contributed by atoms with Crippen molar-refractivity contribution in [3.05, 3.63) is 65.7 Å². The van der Waals surface area contributed by atoms with Gasteiger partial charge in [0.2, 0.25) is 5.91 Å². The van der Waals surface area contributed by atoms with Crippen LogP contribution in [0.25, 0.3) is 0 Å². The molecule has 1 atom stereocenters. The second-order valence-electron chi connectivity index (χ2n) is 6.78. The third kappa shape index (κ3) is 4.83. The third-order valence-electron chi connectivity index (χ3n) is 4.86. The number of hydrogen-bond donors (Lipinski definition) is 2. The molecule has 0 aliphatic heterocycles. The normalized spacial score (nSPS) is 20.4. The second-order valence-corrected chi connectivity index (χ2v) is 6.78. The van der Waals surface area contributed by atoms with Crippen LogP contribution in [-0.4, -0.2) is 30.3 Å². The van der Waals surface area contributed by atoms with Gasteiger partial charge in [0.1, 0.15) is 5.75 Å². The van der Waals surface area contributed by atoms with Gasteiger partial charge in [-0.15, -0.1) is 0 Å². The molecule has 0 radical (unpaired) electrons. The molecule has 0 aromatic heterocycles. The Balaban J connectivity index is 1.63. The third-order valence-corrected chi connectivity index (χ3v) is 4.86. The lowest BCUT2D eigenvalue weighted by Gasteiger charge is -2.38. The number of nitrogens with one attached hydrogen (secondary N) is 1. The van der Waals surface area contributed by atoms with E-state index in [1.54, 1.807) is 7.11 Å². The van der Waals surface area contributed by atoms with Gasteiger partial charge < -0.3 is 15.2 Å². The zero-order chi connectivity index (χ0) is 17.6. The maximum atomic E-state index is 12.5. The lowest BCUT2D eigenvalue weighted by atomic mass is 9.75. The highest BCUT2D eigenvalue weighted by molar-refractivity contribution is 5.79. The minimum Gasteiger partial charge on any atom is -0.497 e. The minimum atomic E-state index is -0.224. The number of hydrogen-bond acceptors (Lipinski definition) is 3. The molecular weight excluding hydrogens is 314 g/mol. The molecule has 1 fully saturated rings. The van der Waals surface area contributed by atoms with E-state index in [1.165, 1.54) is 5.56 Å². The number of rotatable bonds is 7. The first kappa shape index (κ1) is 17.5. The number of aliphatic hydroxyl groups is 1. The van der Waals surface area contributed by atoms with E-state index in [0.29, 0.717) is 12.3 Å². The van der Waals surface area contributed by atoms with E-state index < -0.39 is 0 Å². The van der Waals surface area contributed by atoms with Crippen LogP contribution in [0.4, 0.5) is 0 Å². The van der Waals surface area contributed by atoms with Gasteiger partial charge in [0, 0.05) is 6.04 Å². The molecule has 0 spiro atoms. The molecule has 0 saturated heterocycles. The van der Waals surface area contributed by atoms with Crippen molar-refractivity contribution >= 4 is 5.91 Å². The molecular formula is C21H25NO3. The molecule has 25 heavy (non-hydrogen) atoms. The smallest absolute Gasteiger partial charge is 0.224 e. The Bertz CT molecular complexity index is 695. The Labute approximate surface area is 148 Å². The molecule has 132 valence electrons. The molecule has 0 bridgehead atoms. The zero-order valence-electron chi connectivity index (χ0n) is 14.5. The highest BCUT2D eigenvalue weighted by atomic mass is 16.5. The Morgan fingerprint density at radius 2 is 1.88 bits per heavy atom. The van der Waals surface area contributed by atoms with Crippen LogP contribution in [0.2, 0.25) is 0 Å². The minimum absolute atomic E-state index is 0.00979. The van der Waals surface area contributed by atoms with Gasteiger partial charge >= 0.3 is 0 Å². The van der Waals surface area contributed by atoms with Gasteiger partial charge in [-0.25, -0.2) is 0 Å². The number of amides is 1. The van der Waals surface area contributed by atoms with Crippen molar-refractivity contribution in [1.29, 1.82) is 0 Å². The van der Waals surface area contributed by atoms with E-state index >= 15 is 0 Å². The predicted molar refractivity (Wildman–Crippen MR) is 97.5 cm³/mol. The van der Waals surface area contributed by atoms with Crippen molar-refractivity contribution in [3.63, 3.8) is 0 Å². The van der Waals surface area contributed by atoms with Crippen LogP contribution in [0.15, 0.2) is 54.6 Å². The molecule has 1 amide bonds. The molecule has 4 heteroatoms.